The van der Waals surface area contributed by atoms with Crippen LogP contribution in [0.3, 0.4) is 0 Å². The van der Waals surface area contributed by atoms with Gasteiger partial charge in [-0.25, -0.2) is 0 Å². The van der Waals surface area contributed by atoms with Gasteiger partial charge in [-0.2, -0.15) is 0 Å². The zero-order valence-corrected chi connectivity index (χ0v) is 16.9. The van der Waals surface area contributed by atoms with Gasteiger partial charge in [-0.1, -0.05) is 60.7 Å². The highest BCUT2D eigenvalue weighted by Gasteiger charge is 2.23. The fourth-order valence-corrected chi connectivity index (χ4v) is 3.47. The highest BCUT2D eigenvalue weighted by atomic mass is 16.2. The quantitative estimate of drug-likeness (QED) is 0.714. The number of benzene rings is 2. The number of likely N-dealkylation sites (tertiary alicyclic amines) is 1. The van der Waals surface area contributed by atoms with Crippen LogP contribution in [-0.2, 0) is 16.1 Å². The fourth-order valence-electron chi connectivity index (χ4n) is 3.47. The first-order chi connectivity index (χ1) is 14.1. The molecule has 1 aliphatic heterocycles. The van der Waals surface area contributed by atoms with Gasteiger partial charge in [0, 0.05) is 31.8 Å². The van der Waals surface area contributed by atoms with Crippen molar-refractivity contribution >= 4 is 17.9 Å². The predicted octanol–water partition coefficient (Wildman–Crippen LogP) is 2.99. The minimum Gasteiger partial charge on any atom is -0.351 e. The van der Waals surface area contributed by atoms with Crippen molar-refractivity contribution in [3.8, 4) is 0 Å². The molecule has 0 aliphatic carbocycles. The molecule has 2 N–H and O–H groups in total. The van der Waals surface area contributed by atoms with Crippen molar-refractivity contribution in [1.29, 1.82) is 0 Å². The van der Waals surface area contributed by atoms with Crippen molar-refractivity contribution in [2.24, 2.45) is 0 Å². The predicted molar refractivity (Wildman–Crippen MR) is 116 cm³/mol. The number of nitrogens with zero attached hydrogens (tertiary/aromatic N) is 1. The highest BCUT2D eigenvalue weighted by Crippen LogP contribution is 2.14. The Bertz CT molecular complexity index is 813. The number of carbonyl (C=O) groups is 2. The molecule has 2 aromatic carbocycles. The molecule has 29 heavy (non-hydrogen) atoms. The first-order valence-electron chi connectivity index (χ1n) is 10.2. The van der Waals surface area contributed by atoms with Gasteiger partial charge in [0.2, 0.25) is 11.8 Å². The standard InChI is InChI=1S/C24H29N3O2/c1-19(25-23(28)13-12-20-8-4-2-5-9-20)24(29)26-22-14-16-27(17-15-22)18-21-10-6-3-7-11-21/h2-13,19,22H,14-18H2,1H3,(H,25,28)(H,26,29)/b13-12+/t19-/m0/s1. The van der Waals surface area contributed by atoms with Gasteiger partial charge in [0.25, 0.3) is 0 Å². The molecular weight excluding hydrogens is 362 g/mol. The van der Waals surface area contributed by atoms with Crippen molar-refractivity contribution in [1.82, 2.24) is 15.5 Å². The van der Waals surface area contributed by atoms with Gasteiger partial charge in [-0.3, -0.25) is 14.5 Å². The van der Waals surface area contributed by atoms with E-state index in [0.717, 1.165) is 38.0 Å². The van der Waals surface area contributed by atoms with Gasteiger partial charge < -0.3 is 10.6 Å². The summed E-state index contributed by atoms with van der Waals surface area (Å²) in [5, 5.41) is 5.81. The molecule has 0 saturated carbocycles. The Balaban J connectivity index is 1.38. The van der Waals surface area contributed by atoms with Crippen molar-refractivity contribution in [2.45, 2.75) is 38.4 Å². The van der Waals surface area contributed by atoms with E-state index in [1.165, 1.54) is 11.6 Å². The van der Waals surface area contributed by atoms with Gasteiger partial charge in [-0.15, -0.1) is 0 Å². The zero-order chi connectivity index (χ0) is 20.5. The molecule has 1 heterocycles. The third kappa shape index (κ3) is 6.88. The number of carbonyl (C=O) groups excluding carboxylic acids is 2. The van der Waals surface area contributed by atoms with Crippen LogP contribution in [-0.4, -0.2) is 41.9 Å². The van der Waals surface area contributed by atoms with E-state index in [9.17, 15) is 9.59 Å². The van der Waals surface area contributed by atoms with Gasteiger partial charge in [0.1, 0.15) is 6.04 Å². The SMILES string of the molecule is C[C@H](NC(=O)/C=C/c1ccccc1)C(=O)NC1CCN(Cc2ccccc2)CC1. The molecule has 1 atom stereocenters. The van der Waals surface area contributed by atoms with Gasteiger partial charge in [0.15, 0.2) is 0 Å². The van der Waals surface area contributed by atoms with Crippen LogP contribution in [0.5, 0.6) is 0 Å². The fraction of sp³-hybridized carbons (Fsp3) is 0.333. The average Bonchev–Trinajstić information content (AvgIpc) is 2.75. The minimum absolute atomic E-state index is 0.132. The summed E-state index contributed by atoms with van der Waals surface area (Å²) in [6, 6.07) is 19.6. The monoisotopic (exact) mass is 391 g/mol. The van der Waals surface area contributed by atoms with E-state index in [-0.39, 0.29) is 17.9 Å². The Hall–Kier alpha value is -2.92. The van der Waals surface area contributed by atoms with E-state index in [2.05, 4.69) is 39.8 Å². The maximum atomic E-state index is 12.4. The molecule has 0 bridgehead atoms. The number of hydrogen-bond acceptors (Lipinski definition) is 3. The van der Waals surface area contributed by atoms with Crippen molar-refractivity contribution < 1.29 is 9.59 Å². The van der Waals surface area contributed by atoms with Crippen molar-refractivity contribution in [3.05, 3.63) is 77.9 Å². The first kappa shape index (κ1) is 20.8. The van der Waals surface area contributed by atoms with Crippen molar-refractivity contribution in [3.63, 3.8) is 0 Å². The molecule has 0 aromatic heterocycles. The molecular formula is C24H29N3O2. The molecule has 152 valence electrons. The molecule has 1 saturated heterocycles. The number of piperidine rings is 1. The van der Waals surface area contributed by atoms with Crippen molar-refractivity contribution in [2.75, 3.05) is 13.1 Å². The number of amides is 2. The van der Waals surface area contributed by atoms with Crippen LogP contribution >= 0.6 is 0 Å². The van der Waals surface area contributed by atoms with E-state index in [0.29, 0.717) is 0 Å². The molecule has 2 aromatic rings. The van der Waals surface area contributed by atoms with E-state index < -0.39 is 6.04 Å². The second-order valence-electron chi connectivity index (χ2n) is 7.52. The molecule has 0 spiro atoms. The number of nitrogens with one attached hydrogen (secondary N) is 2. The Morgan fingerprint density at radius 3 is 2.31 bits per heavy atom. The van der Waals surface area contributed by atoms with Gasteiger partial charge in [-0.05, 0) is 37.0 Å². The summed E-state index contributed by atoms with van der Waals surface area (Å²) in [6.45, 7) is 4.58. The van der Waals surface area contributed by atoms with Crippen LogP contribution < -0.4 is 10.6 Å². The van der Waals surface area contributed by atoms with Gasteiger partial charge >= 0.3 is 0 Å². The Kier molecular flexibility index (Phi) is 7.59. The summed E-state index contributed by atoms with van der Waals surface area (Å²) in [5.74, 6) is -0.401. The normalized spacial score (nSPS) is 16.4. The maximum absolute atomic E-state index is 12.4. The smallest absolute Gasteiger partial charge is 0.244 e. The average molecular weight is 392 g/mol. The van der Waals surface area contributed by atoms with E-state index in [1.54, 1.807) is 13.0 Å². The molecule has 0 radical (unpaired) electrons. The maximum Gasteiger partial charge on any atom is 0.244 e. The molecule has 0 unspecified atom stereocenters. The lowest BCUT2D eigenvalue weighted by molar-refractivity contribution is -0.127. The summed E-state index contributed by atoms with van der Waals surface area (Å²) < 4.78 is 0. The molecule has 5 nitrogen and oxygen atoms in total. The number of hydrogen-bond donors (Lipinski definition) is 2. The van der Waals surface area contributed by atoms with Gasteiger partial charge in [0.05, 0.1) is 0 Å². The Labute approximate surface area is 172 Å². The zero-order valence-electron chi connectivity index (χ0n) is 16.9. The van der Waals surface area contributed by atoms with E-state index in [4.69, 9.17) is 0 Å². The topological polar surface area (TPSA) is 61.4 Å². The number of rotatable bonds is 7. The summed E-state index contributed by atoms with van der Waals surface area (Å²) in [5.41, 5.74) is 2.26. The lowest BCUT2D eigenvalue weighted by Gasteiger charge is -2.32. The van der Waals surface area contributed by atoms with Crippen LogP contribution in [0.1, 0.15) is 30.9 Å². The summed E-state index contributed by atoms with van der Waals surface area (Å²) in [4.78, 5) is 26.9. The van der Waals surface area contributed by atoms with Crippen LogP contribution in [0.2, 0.25) is 0 Å². The second kappa shape index (κ2) is 10.6. The molecule has 3 rings (SSSR count). The third-order valence-electron chi connectivity index (χ3n) is 5.16. The van der Waals surface area contributed by atoms with E-state index >= 15 is 0 Å². The highest BCUT2D eigenvalue weighted by molar-refractivity contribution is 5.95. The van der Waals surface area contributed by atoms with Crippen LogP contribution in [0, 0.1) is 0 Å². The summed E-state index contributed by atoms with van der Waals surface area (Å²) in [6.07, 6.45) is 5.05. The largest absolute Gasteiger partial charge is 0.351 e. The Morgan fingerprint density at radius 2 is 1.66 bits per heavy atom. The minimum atomic E-state index is -0.565. The first-order valence-corrected chi connectivity index (χ1v) is 10.2. The van der Waals surface area contributed by atoms with E-state index in [1.807, 2.05) is 36.4 Å². The summed E-state index contributed by atoms with van der Waals surface area (Å²) >= 11 is 0. The molecule has 1 fully saturated rings. The molecule has 2 amide bonds. The summed E-state index contributed by atoms with van der Waals surface area (Å²) in [7, 11) is 0. The van der Waals surface area contributed by atoms with Crippen LogP contribution in [0.15, 0.2) is 66.7 Å². The van der Waals surface area contributed by atoms with Crippen LogP contribution in [0.4, 0.5) is 0 Å². The molecule has 5 heteroatoms. The third-order valence-corrected chi connectivity index (χ3v) is 5.16. The second-order valence-corrected chi connectivity index (χ2v) is 7.52. The Morgan fingerprint density at radius 1 is 1.03 bits per heavy atom. The van der Waals surface area contributed by atoms with Crippen LogP contribution in [0.25, 0.3) is 6.08 Å². The lowest BCUT2D eigenvalue weighted by Crippen LogP contribution is -2.50. The lowest BCUT2D eigenvalue weighted by atomic mass is 10.0. The molecule has 1 aliphatic rings.